The molecule has 3 fully saturated rings. The van der Waals surface area contributed by atoms with Gasteiger partial charge in [0.1, 0.15) is 17.8 Å². The summed E-state index contributed by atoms with van der Waals surface area (Å²) in [4.78, 5) is 41.0. The van der Waals surface area contributed by atoms with Crippen molar-refractivity contribution in [3.8, 4) is 5.75 Å². The van der Waals surface area contributed by atoms with E-state index >= 15 is 0 Å². The number of methoxy groups -OCH3 is 1. The molecular formula is C18H21N3O5. The van der Waals surface area contributed by atoms with Crippen LogP contribution in [0.1, 0.15) is 23.2 Å². The molecule has 0 spiro atoms. The Balaban J connectivity index is 1.50. The van der Waals surface area contributed by atoms with E-state index in [1.807, 2.05) is 0 Å². The molecule has 3 heterocycles. The summed E-state index contributed by atoms with van der Waals surface area (Å²) < 4.78 is 5.08. The molecule has 1 aromatic rings. The van der Waals surface area contributed by atoms with Crippen LogP contribution < -0.4 is 10.1 Å². The van der Waals surface area contributed by atoms with Gasteiger partial charge in [0.05, 0.1) is 19.3 Å². The fourth-order valence-corrected chi connectivity index (χ4v) is 4.14. The molecule has 3 saturated heterocycles. The molecule has 0 aliphatic carbocycles. The number of nitrogens with one attached hydrogen (secondary N) is 1. The van der Waals surface area contributed by atoms with Crippen molar-refractivity contribution in [2.75, 3.05) is 20.2 Å². The van der Waals surface area contributed by atoms with Crippen LogP contribution in [0.4, 0.5) is 0 Å². The largest absolute Gasteiger partial charge is 0.497 e. The van der Waals surface area contributed by atoms with E-state index in [4.69, 9.17) is 4.74 Å². The van der Waals surface area contributed by atoms with Gasteiger partial charge in [-0.05, 0) is 30.7 Å². The van der Waals surface area contributed by atoms with Crippen molar-refractivity contribution in [2.45, 2.75) is 37.1 Å². The van der Waals surface area contributed by atoms with E-state index in [9.17, 15) is 19.5 Å². The molecular weight excluding hydrogens is 338 g/mol. The maximum atomic E-state index is 12.8. The van der Waals surface area contributed by atoms with Gasteiger partial charge in [-0.25, -0.2) is 0 Å². The van der Waals surface area contributed by atoms with Gasteiger partial charge in [0, 0.05) is 25.1 Å². The Bertz CT molecular complexity index is 750. The van der Waals surface area contributed by atoms with Crippen LogP contribution in [-0.2, 0) is 9.59 Å². The lowest BCUT2D eigenvalue weighted by atomic mass is 10.0. The van der Waals surface area contributed by atoms with Gasteiger partial charge in [-0.2, -0.15) is 0 Å². The molecule has 8 heteroatoms. The maximum Gasteiger partial charge on any atom is 0.251 e. The lowest BCUT2D eigenvalue weighted by Gasteiger charge is -2.40. The maximum absolute atomic E-state index is 12.8. The molecule has 0 aromatic heterocycles. The molecule has 3 aliphatic rings. The summed E-state index contributed by atoms with van der Waals surface area (Å²) in [6.45, 7) is 0.613. The molecule has 0 radical (unpaired) electrons. The Morgan fingerprint density at radius 1 is 1.19 bits per heavy atom. The molecule has 3 aliphatic heterocycles. The number of rotatable bonds is 3. The second-order valence-corrected chi connectivity index (χ2v) is 6.97. The minimum Gasteiger partial charge on any atom is -0.497 e. The lowest BCUT2D eigenvalue weighted by Crippen LogP contribution is -2.64. The molecule has 1 aromatic carbocycles. The third-order valence-corrected chi connectivity index (χ3v) is 5.45. The van der Waals surface area contributed by atoms with Gasteiger partial charge < -0.3 is 25.0 Å². The van der Waals surface area contributed by atoms with Crippen molar-refractivity contribution < 1.29 is 24.2 Å². The van der Waals surface area contributed by atoms with Crippen molar-refractivity contribution in [3.63, 3.8) is 0 Å². The summed E-state index contributed by atoms with van der Waals surface area (Å²) in [6, 6.07) is 5.02. The first kappa shape index (κ1) is 16.8. The number of aliphatic hydroxyl groups excluding tert-OH is 1. The molecule has 138 valence electrons. The number of benzene rings is 1. The predicted octanol–water partition coefficient (Wildman–Crippen LogP) is -0.630. The second-order valence-electron chi connectivity index (χ2n) is 6.97. The van der Waals surface area contributed by atoms with E-state index in [0.717, 1.165) is 0 Å². The summed E-state index contributed by atoms with van der Waals surface area (Å²) in [7, 11) is 1.55. The molecule has 4 atom stereocenters. The first-order valence-corrected chi connectivity index (χ1v) is 8.73. The Morgan fingerprint density at radius 2 is 1.92 bits per heavy atom. The number of nitrogens with zero attached hydrogens (tertiary/aromatic N) is 2. The standard InChI is InChI=1S/C18H21N3O5/c1-26-12-4-2-10(3-5-12)16(23)19-13-6-7-20-15(13)18(25)21-9-11(22)8-14(21)17(20)24/h2-5,11,13-15,22H,6-9H2,1H3,(H,19,23). The molecule has 8 nitrogen and oxygen atoms in total. The van der Waals surface area contributed by atoms with Crippen LogP contribution in [0.3, 0.4) is 0 Å². The highest BCUT2D eigenvalue weighted by atomic mass is 16.5. The Labute approximate surface area is 150 Å². The molecule has 0 bridgehead atoms. The third-order valence-electron chi connectivity index (χ3n) is 5.45. The summed E-state index contributed by atoms with van der Waals surface area (Å²) in [5, 5.41) is 12.7. The first-order chi connectivity index (χ1) is 12.5. The van der Waals surface area contributed by atoms with Crippen LogP contribution in [0, 0.1) is 0 Å². The fraction of sp³-hybridized carbons (Fsp3) is 0.500. The highest BCUT2D eigenvalue weighted by Gasteiger charge is 2.54. The van der Waals surface area contributed by atoms with Gasteiger partial charge >= 0.3 is 0 Å². The third kappa shape index (κ3) is 2.61. The number of aliphatic hydroxyl groups is 1. The molecule has 26 heavy (non-hydrogen) atoms. The van der Waals surface area contributed by atoms with Crippen LogP contribution >= 0.6 is 0 Å². The van der Waals surface area contributed by atoms with Crippen molar-refractivity contribution in [1.29, 1.82) is 0 Å². The highest BCUT2D eigenvalue weighted by Crippen LogP contribution is 2.32. The van der Waals surface area contributed by atoms with Crippen LogP contribution in [-0.4, -0.2) is 77.1 Å². The minimum absolute atomic E-state index is 0.132. The van der Waals surface area contributed by atoms with Crippen LogP contribution in [0.15, 0.2) is 24.3 Å². The predicted molar refractivity (Wildman–Crippen MR) is 90.5 cm³/mol. The van der Waals surface area contributed by atoms with Gasteiger partial charge in [-0.3, -0.25) is 14.4 Å². The number of piperazine rings is 1. The fourth-order valence-electron chi connectivity index (χ4n) is 4.14. The van der Waals surface area contributed by atoms with E-state index in [1.54, 1.807) is 36.3 Å². The van der Waals surface area contributed by atoms with Crippen molar-refractivity contribution in [2.24, 2.45) is 0 Å². The molecule has 2 N–H and O–H groups in total. The second kappa shape index (κ2) is 6.28. The zero-order chi connectivity index (χ0) is 18.4. The Hall–Kier alpha value is -2.61. The van der Waals surface area contributed by atoms with Gasteiger partial charge in [-0.15, -0.1) is 0 Å². The summed E-state index contributed by atoms with van der Waals surface area (Å²) in [5.74, 6) is 0.0413. The number of ether oxygens (including phenoxy) is 1. The Morgan fingerprint density at radius 3 is 2.62 bits per heavy atom. The molecule has 3 amide bonds. The molecule has 4 unspecified atom stereocenters. The quantitative estimate of drug-likeness (QED) is 0.749. The van der Waals surface area contributed by atoms with Crippen LogP contribution in [0.2, 0.25) is 0 Å². The van der Waals surface area contributed by atoms with E-state index < -0.39 is 24.2 Å². The summed E-state index contributed by atoms with van der Waals surface area (Å²) >= 11 is 0. The summed E-state index contributed by atoms with van der Waals surface area (Å²) in [5.41, 5.74) is 0.466. The monoisotopic (exact) mass is 359 g/mol. The van der Waals surface area contributed by atoms with E-state index in [2.05, 4.69) is 5.32 Å². The van der Waals surface area contributed by atoms with Crippen LogP contribution in [0.5, 0.6) is 5.75 Å². The Kier molecular flexibility index (Phi) is 4.07. The number of carbonyl (C=O) groups is 3. The van der Waals surface area contributed by atoms with Crippen molar-refractivity contribution in [1.82, 2.24) is 15.1 Å². The van der Waals surface area contributed by atoms with E-state index in [-0.39, 0.29) is 30.7 Å². The molecule has 4 rings (SSSR count). The summed E-state index contributed by atoms with van der Waals surface area (Å²) in [6.07, 6.45) is 0.157. The van der Waals surface area contributed by atoms with E-state index in [0.29, 0.717) is 24.3 Å². The number of amides is 3. The number of hydrogen-bond acceptors (Lipinski definition) is 5. The topological polar surface area (TPSA) is 99.2 Å². The van der Waals surface area contributed by atoms with Crippen LogP contribution in [0.25, 0.3) is 0 Å². The van der Waals surface area contributed by atoms with Gasteiger partial charge in [0.25, 0.3) is 5.91 Å². The number of fused-ring (bicyclic) bond motifs is 2. The van der Waals surface area contributed by atoms with Gasteiger partial charge in [-0.1, -0.05) is 0 Å². The zero-order valence-corrected chi connectivity index (χ0v) is 14.4. The SMILES string of the molecule is COc1ccc(C(=O)NC2CCN3C(=O)C4CC(O)CN4C(=O)C23)cc1. The lowest BCUT2D eigenvalue weighted by molar-refractivity contribution is -0.157. The van der Waals surface area contributed by atoms with Crippen molar-refractivity contribution >= 4 is 17.7 Å². The van der Waals surface area contributed by atoms with Gasteiger partial charge in [0.15, 0.2) is 0 Å². The smallest absolute Gasteiger partial charge is 0.251 e. The molecule has 0 saturated carbocycles. The number of hydrogen-bond donors (Lipinski definition) is 2. The van der Waals surface area contributed by atoms with Crippen molar-refractivity contribution in [3.05, 3.63) is 29.8 Å². The van der Waals surface area contributed by atoms with E-state index in [1.165, 1.54) is 4.90 Å². The highest BCUT2D eigenvalue weighted by molar-refractivity contribution is 6.00. The van der Waals surface area contributed by atoms with Gasteiger partial charge in [0.2, 0.25) is 11.8 Å². The average Bonchev–Trinajstić information content (AvgIpc) is 3.24. The normalized spacial score (nSPS) is 30.2. The zero-order valence-electron chi connectivity index (χ0n) is 14.4. The first-order valence-electron chi connectivity index (χ1n) is 8.73. The minimum atomic E-state index is -0.689. The number of carbonyl (C=O) groups excluding carboxylic acids is 3. The average molecular weight is 359 g/mol.